The zero-order chi connectivity index (χ0) is 30.5. The van der Waals surface area contributed by atoms with Gasteiger partial charge < -0.3 is 9.64 Å². The maximum Gasteiger partial charge on any atom is 0.319 e. The molecule has 226 valence electrons. The van der Waals surface area contributed by atoms with Crippen molar-refractivity contribution in [3.63, 3.8) is 0 Å². The first-order valence-corrected chi connectivity index (χ1v) is 16.1. The summed E-state index contributed by atoms with van der Waals surface area (Å²) in [5.41, 5.74) is 2.03. The molecule has 1 heterocycles. The number of esters is 1. The number of aromatic nitrogens is 2. The van der Waals surface area contributed by atoms with E-state index in [2.05, 4.69) is 6.92 Å². The molecular formula is C34H45N3O4S. The molecule has 1 atom stereocenters. The number of aryl methyl sites for hydroxylation is 1. The van der Waals surface area contributed by atoms with Crippen LogP contribution in [0.5, 0.6) is 0 Å². The van der Waals surface area contributed by atoms with Crippen molar-refractivity contribution < 1.29 is 14.3 Å². The molecular weight excluding hydrogens is 546 g/mol. The van der Waals surface area contributed by atoms with Crippen molar-refractivity contribution >= 4 is 29.3 Å². The normalized spacial score (nSPS) is 11.9. The summed E-state index contributed by atoms with van der Waals surface area (Å²) in [5.74, 6) is 0.337. The van der Waals surface area contributed by atoms with Crippen molar-refractivity contribution in [3.8, 4) is 11.3 Å². The van der Waals surface area contributed by atoms with Gasteiger partial charge in [0, 0.05) is 35.2 Å². The van der Waals surface area contributed by atoms with E-state index in [0.29, 0.717) is 31.1 Å². The van der Waals surface area contributed by atoms with Crippen LogP contribution in [0, 0.1) is 5.92 Å². The van der Waals surface area contributed by atoms with Gasteiger partial charge in [0.1, 0.15) is 17.6 Å². The van der Waals surface area contributed by atoms with Crippen LogP contribution in [0.15, 0.2) is 70.4 Å². The number of rotatable bonds is 16. The number of unbranched alkanes of at least 4 members (excludes halogenated alkanes) is 4. The maximum absolute atomic E-state index is 13.8. The molecule has 3 rings (SSSR count). The zero-order valence-electron chi connectivity index (χ0n) is 25.7. The van der Waals surface area contributed by atoms with Crippen LogP contribution in [-0.2, 0) is 27.3 Å². The molecule has 0 bridgehead atoms. The van der Waals surface area contributed by atoms with Crippen LogP contribution in [0.1, 0.15) is 72.5 Å². The molecule has 42 heavy (non-hydrogen) atoms. The monoisotopic (exact) mass is 591 g/mol. The predicted molar refractivity (Wildman–Crippen MR) is 172 cm³/mol. The van der Waals surface area contributed by atoms with Crippen LogP contribution in [-0.4, -0.2) is 39.8 Å². The van der Waals surface area contributed by atoms with E-state index in [1.807, 2.05) is 82.3 Å². The van der Waals surface area contributed by atoms with Crippen LogP contribution in [0.2, 0.25) is 0 Å². The minimum Gasteiger partial charge on any atom is -0.465 e. The van der Waals surface area contributed by atoms with Gasteiger partial charge >= 0.3 is 5.97 Å². The quantitative estimate of drug-likeness (QED) is 0.0999. The zero-order valence-corrected chi connectivity index (χ0v) is 26.5. The van der Waals surface area contributed by atoms with Gasteiger partial charge in [-0.1, -0.05) is 83.7 Å². The van der Waals surface area contributed by atoms with Gasteiger partial charge in [-0.3, -0.25) is 19.0 Å². The number of carbonyl (C=O) groups excluding carboxylic acids is 2. The van der Waals surface area contributed by atoms with Gasteiger partial charge in [-0.2, -0.15) is 0 Å². The van der Waals surface area contributed by atoms with Crippen molar-refractivity contribution in [2.45, 2.75) is 89.8 Å². The topological polar surface area (TPSA) is 81.5 Å². The van der Waals surface area contributed by atoms with Crippen molar-refractivity contribution in [1.82, 2.24) is 9.55 Å². The van der Waals surface area contributed by atoms with Crippen LogP contribution >= 0.6 is 11.8 Å². The molecule has 1 unspecified atom stereocenters. The number of hydrogen-bond acceptors (Lipinski definition) is 6. The highest BCUT2D eigenvalue weighted by atomic mass is 32.2. The van der Waals surface area contributed by atoms with Crippen LogP contribution < -0.4 is 10.5 Å². The molecule has 7 nitrogen and oxygen atoms in total. The Morgan fingerprint density at radius 1 is 0.952 bits per heavy atom. The molecule has 2 aromatic carbocycles. The van der Waals surface area contributed by atoms with Gasteiger partial charge in [0.25, 0.3) is 5.56 Å². The molecule has 0 radical (unpaired) electrons. The van der Waals surface area contributed by atoms with E-state index in [-0.39, 0.29) is 35.1 Å². The van der Waals surface area contributed by atoms with Crippen molar-refractivity contribution in [1.29, 1.82) is 0 Å². The molecule has 0 fully saturated rings. The molecule has 0 saturated carbocycles. The summed E-state index contributed by atoms with van der Waals surface area (Å²) in [5, 5.41) is -0.308. The lowest BCUT2D eigenvalue weighted by Gasteiger charge is -2.25. The third-order valence-electron chi connectivity index (χ3n) is 7.09. The third kappa shape index (κ3) is 9.31. The number of benzene rings is 2. The highest BCUT2D eigenvalue weighted by Crippen LogP contribution is 2.31. The Morgan fingerprint density at radius 3 is 2.26 bits per heavy atom. The summed E-state index contributed by atoms with van der Waals surface area (Å²) in [4.78, 5) is 47.0. The Kier molecular flexibility index (Phi) is 13.3. The summed E-state index contributed by atoms with van der Waals surface area (Å²) < 4.78 is 6.77. The van der Waals surface area contributed by atoms with E-state index >= 15 is 0 Å². The Hall–Kier alpha value is -3.39. The van der Waals surface area contributed by atoms with Crippen molar-refractivity contribution in [2.75, 3.05) is 18.1 Å². The van der Waals surface area contributed by atoms with Gasteiger partial charge in [0.05, 0.1) is 12.3 Å². The van der Waals surface area contributed by atoms with Gasteiger partial charge in [0.15, 0.2) is 0 Å². The summed E-state index contributed by atoms with van der Waals surface area (Å²) in [6.07, 6.45) is 5.90. The SMILES string of the molecule is CCCCCCCN(C(=O)Cn1c(CC)nc(-c2ccccc2)cc1=O)c1ccc(SC(C(=O)OCC)C(C)C)cc1. The number of ether oxygens (including phenoxy) is 1. The molecule has 8 heteroatoms. The number of amides is 1. The molecule has 0 spiro atoms. The lowest BCUT2D eigenvalue weighted by molar-refractivity contribution is -0.143. The van der Waals surface area contributed by atoms with Gasteiger partial charge in [-0.15, -0.1) is 11.8 Å². The molecule has 0 aliphatic carbocycles. The van der Waals surface area contributed by atoms with E-state index < -0.39 is 0 Å². The molecule has 0 aliphatic rings. The first-order chi connectivity index (χ1) is 20.3. The lowest BCUT2D eigenvalue weighted by atomic mass is 10.1. The highest BCUT2D eigenvalue weighted by molar-refractivity contribution is 8.00. The Labute approximate surface area is 254 Å². The molecule has 0 saturated heterocycles. The second kappa shape index (κ2) is 16.9. The fraction of sp³-hybridized carbons (Fsp3) is 0.471. The summed E-state index contributed by atoms with van der Waals surface area (Å²) in [7, 11) is 0. The van der Waals surface area contributed by atoms with E-state index in [1.165, 1.54) is 28.8 Å². The smallest absolute Gasteiger partial charge is 0.319 e. The maximum atomic E-state index is 13.8. The average molecular weight is 592 g/mol. The van der Waals surface area contributed by atoms with Gasteiger partial charge in [-0.05, 0) is 43.5 Å². The Morgan fingerprint density at radius 2 is 1.64 bits per heavy atom. The lowest BCUT2D eigenvalue weighted by Crippen LogP contribution is -2.38. The van der Waals surface area contributed by atoms with Crippen LogP contribution in [0.3, 0.4) is 0 Å². The van der Waals surface area contributed by atoms with Gasteiger partial charge in [0.2, 0.25) is 5.91 Å². The minimum absolute atomic E-state index is 0.0756. The summed E-state index contributed by atoms with van der Waals surface area (Å²) in [6, 6.07) is 18.9. The standard InChI is InChI=1S/C34H45N3O4S/c1-6-9-10-11-15-22-36(27-18-20-28(21-19-27)42-33(25(4)5)34(40)41-8-3)32(39)24-37-30(7-2)35-29(23-31(37)38)26-16-13-12-14-17-26/h12-14,16-21,23,25,33H,6-11,15,22,24H2,1-5H3. The van der Waals surface area contributed by atoms with Crippen LogP contribution in [0.25, 0.3) is 11.3 Å². The minimum atomic E-state index is -0.308. The molecule has 1 aromatic heterocycles. The fourth-order valence-electron chi connectivity index (χ4n) is 4.77. The highest BCUT2D eigenvalue weighted by Gasteiger charge is 2.25. The van der Waals surface area contributed by atoms with E-state index in [9.17, 15) is 14.4 Å². The molecule has 0 N–H and O–H groups in total. The fourth-order valence-corrected chi connectivity index (χ4v) is 5.80. The van der Waals surface area contributed by atoms with E-state index in [1.54, 1.807) is 4.90 Å². The Balaban J connectivity index is 1.84. The summed E-state index contributed by atoms with van der Waals surface area (Å²) >= 11 is 1.48. The second-order valence-electron chi connectivity index (χ2n) is 10.7. The molecule has 0 aliphatic heterocycles. The largest absolute Gasteiger partial charge is 0.465 e. The number of anilines is 1. The number of carbonyl (C=O) groups is 2. The Bertz CT molecular complexity index is 1340. The van der Waals surface area contributed by atoms with E-state index in [4.69, 9.17) is 9.72 Å². The van der Waals surface area contributed by atoms with E-state index in [0.717, 1.165) is 41.8 Å². The number of hydrogen-bond donors (Lipinski definition) is 0. The average Bonchev–Trinajstić information content (AvgIpc) is 2.99. The van der Waals surface area contributed by atoms with Gasteiger partial charge in [-0.25, -0.2) is 4.98 Å². The van der Waals surface area contributed by atoms with Crippen molar-refractivity contribution in [2.24, 2.45) is 5.92 Å². The second-order valence-corrected chi connectivity index (χ2v) is 11.9. The summed E-state index contributed by atoms with van der Waals surface area (Å²) in [6.45, 7) is 10.8. The number of thioether (sulfide) groups is 1. The van der Waals surface area contributed by atoms with Crippen LogP contribution in [0.4, 0.5) is 5.69 Å². The third-order valence-corrected chi connectivity index (χ3v) is 8.62. The number of nitrogens with zero attached hydrogens (tertiary/aromatic N) is 3. The molecule has 1 amide bonds. The molecule has 3 aromatic rings. The predicted octanol–water partition coefficient (Wildman–Crippen LogP) is 7.16. The van der Waals surface area contributed by atoms with Crippen molar-refractivity contribution in [3.05, 3.63) is 76.8 Å². The first-order valence-electron chi connectivity index (χ1n) is 15.2. The first kappa shape index (κ1) is 33.1.